The van der Waals surface area contributed by atoms with Gasteiger partial charge in [0.2, 0.25) is 5.91 Å². The SMILES string of the molecule is CCCCOC(=O)N1CCCC(C(=O)NN)C1. The highest BCUT2D eigenvalue weighted by Crippen LogP contribution is 2.17. The Hall–Kier alpha value is -1.30. The van der Waals surface area contributed by atoms with Crippen molar-refractivity contribution in [2.24, 2.45) is 11.8 Å². The van der Waals surface area contributed by atoms with Crippen molar-refractivity contribution in [1.29, 1.82) is 0 Å². The molecule has 0 spiro atoms. The molecule has 0 aromatic heterocycles. The van der Waals surface area contributed by atoms with Gasteiger partial charge in [-0.15, -0.1) is 0 Å². The van der Waals surface area contributed by atoms with Gasteiger partial charge in [-0.25, -0.2) is 10.6 Å². The van der Waals surface area contributed by atoms with Crippen LogP contribution in [-0.4, -0.2) is 36.6 Å². The van der Waals surface area contributed by atoms with E-state index in [9.17, 15) is 9.59 Å². The number of nitrogens with zero attached hydrogens (tertiary/aromatic N) is 1. The summed E-state index contributed by atoms with van der Waals surface area (Å²) in [5.74, 6) is 4.66. The van der Waals surface area contributed by atoms with Crippen LogP contribution < -0.4 is 11.3 Å². The minimum atomic E-state index is -0.326. The van der Waals surface area contributed by atoms with E-state index in [4.69, 9.17) is 10.6 Å². The number of hydrazine groups is 1. The van der Waals surface area contributed by atoms with Crippen LogP contribution in [0.5, 0.6) is 0 Å². The lowest BCUT2D eigenvalue weighted by atomic mass is 9.98. The highest BCUT2D eigenvalue weighted by Gasteiger charge is 2.28. The van der Waals surface area contributed by atoms with E-state index >= 15 is 0 Å². The second-order valence-corrected chi connectivity index (χ2v) is 4.26. The average molecular weight is 243 g/mol. The van der Waals surface area contributed by atoms with E-state index in [1.807, 2.05) is 6.92 Å². The minimum Gasteiger partial charge on any atom is -0.449 e. The third-order valence-corrected chi connectivity index (χ3v) is 2.92. The monoisotopic (exact) mass is 243 g/mol. The Bertz CT molecular complexity index is 271. The molecular weight excluding hydrogens is 222 g/mol. The maximum Gasteiger partial charge on any atom is 0.409 e. The molecule has 1 atom stereocenters. The molecule has 0 bridgehead atoms. The van der Waals surface area contributed by atoms with E-state index < -0.39 is 0 Å². The van der Waals surface area contributed by atoms with Crippen LogP contribution in [0, 0.1) is 5.92 Å². The van der Waals surface area contributed by atoms with Crippen molar-refractivity contribution in [1.82, 2.24) is 10.3 Å². The molecule has 0 saturated carbocycles. The van der Waals surface area contributed by atoms with Crippen LogP contribution in [0.1, 0.15) is 32.6 Å². The van der Waals surface area contributed by atoms with Crippen molar-refractivity contribution in [3.05, 3.63) is 0 Å². The number of hydrogen-bond donors (Lipinski definition) is 2. The van der Waals surface area contributed by atoms with Crippen molar-refractivity contribution in [3.63, 3.8) is 0 Å². The summed E-state index contributed by atoms with van der Waals surface area (Å²) < 4.78 is 5.11. The van der Waals surface area contributed by atoms with Gasteiger partial charge >= 0.3 is 6.09 Å². The molecule has 0 aromatic rings. The van der Waals surface area contributed by atoms with Crippen LogP contribution in [-0.2, 0) is 9.53 Å². The summed E-state index contributed by atoms with van der Waals surface area (Å²) in [6.07, 6.45) is 3.11. The molecule has 17 heavy (non-hydrogen) atoms. The van der Waals surface area contributed by atoms with Crippen molar-refractivity contribution < 1.29 is 14.3 Å². The van der Waals surface area contributed by atoms with Crippen molar-refractivity contribution in [3.8, 4) is 0 Å². The molecule has 0 aliphatic carbocycles. The zero-order chi connectivity index (χ0) is 12.7. The highest BCUT2D eigenvalue weighted by atomic mass is 16.6. The molecule has 6 heteroatoms. The number of ether oxygens (including phenoxy) is 1. The lowest BCUT2D eigenvalue weighted by Crippen LogP contribution is -2.47. The first-order valence-electron chi connectivity index (χ1n) is 6.11. The number of hydrogen-bond acceptors (Lipinski definition) is 4. The van der Waals surface area contributed by atoms with Gasteiger partial charge in [-0.1, -0.05) is 13.3 Å². The number of carbonyl (C=O) groups is 2. The van der Waals surface area contributed by atoms with Crippen LogP contribution in [0.4, 0.5) is 4.79 Å². The zero-order valence-corrected chi connectivity index (χ0v) is 10.3. The maximum atomic E-state index is 11.7. The summed E-state index contributed by atoms with van der Waals surface area (Å²) in [5, 5.41) is 0. The van der Waals surface area contributed by atoms with E-state index in [2.05, 4.69) is 5.43 Å². The third-order valence-electron chi connectivity index (χ3n) is 2.92. The summed E-state index contributed by atoms with van der Waals surface area (Å²) in [5.41, 5.74) is 2.13. The lowest BCUT2D eigenvalue weighted by Gasteiger charge is -2.30. The Balaban J connectivity index is 2.37. The Labute approximate surface area is 101 Å². The molecule has 1 saturated heterocycles. The summed E-state index contributed by atoms with van der Waals surface area (Å²) in [6.45, 7) is 3.53. The number of carbonyl (C=O) groups excluding carboxylic acids is 2. The highest BCUT2D eigenvalue weighted by molar-refractivity contribution is 5.79. The fraction of sp³-hybridized carbons (Fsp3) is 0.818. The first kappa shape index (κ1) is 13.8. The smallest absolute Gasteiger partial charge is 0.409 e. The van der Waals surface area contributed by atoms with Gasteiger partial charge in [0, 0.05) is 13.1 Å². The van der Waals surface area contributed by atoms with Gasteiger partial charge in [0.05, 0.1) is 12.5 Å². The van der Waals surface area contributed by atoms with Gasteiger partial charge in [-0.2, -0.15) is 0 Å². The molecule has 1 rings (SSSR count). The molecule has 0 radical (unpaired) electrons. The number of likely N-dealkylation sites (tertiary alicyclic amines) is 1. The molecule has 1 aliphatic rings. The van der Waals surface area contributed by atoms with Crippen LogP contribution in [0.3, 0.4) is 0 Å². The summed E-state index contributed by atoms with van der Waals surface area (Å²) in [4.78, 5) is 24.6. The molecule has 1 unspecified atom stereocenters. The van der Waals surface area contributed by atoms with Gasteiger partial charge in [-0.05, 0) is 19.3 Å². The Morgan fingerprint density at radius 1 is 1.53 bits per heavy atom. The zero-order valence-electron chi connectivity index (χ0n) is 10.3. The Morgan fingerprint density at radius 2 is 2.29 bits per heavy atom. The van der Waals surface area contributed by atoms with E-state index in [1.165, 1.54) is 0 Å². The first-order valence-corrected chi connectivity index (χ1v) is 6.11. The molecule has 98 valence electrons. The molecule has 1 fully saturated rings. The van der Waals surface area contributed by atoms with Crippen LogP contribution in [0.25, 0.3) is 0 Å². The predicted octanol–water partition coefficient (Wildman–Crippen LogP) is 0.625. The van der Waals surface area contributed by atoms with Gasteiger partial charge < -0.3 is 9.64 Å². The number of piperidine rings is 1. The normalized spacial score (nSPS) is 19.9. The van der Waals surface area contributed by atoms with Gasteiger partial charge in [-0.3, -0.25) is 10.2 Å². The number of unbranched alkanes of at least 4 members (excludes halogenated alkanes) is 1. The van der Waals surface area contributed by atoms with E-state index in [0.29, 0.717) is 19.7 Å². The van der Waals surface area contributed by atoms with Crippen molar-refractivity contribution in [2.45, 2.75) is 32.6 Å². The Morgan fingerprint density at radius 3 is 2.94 bits per heavy atom. The fourth-order valence-electron chi connectivity index (χ4n) is 1.87. The largest absolute Gasteiger partial charge is 0.449 e. The summed E-state index contributed by atoms with van der Waals surface area (Å²) >= 11 is 0. The van der Waals surface area contributed by atoms with E-state index in [-0.39, 0.29) is 17.9 Å². The molecular formula is C11H21N3O3. The van der Waals surface area contributed by atoms with Gasteiger partial charge in [0.1, 0.15) is 0 Å². The van der Waals surface area contributed by atoms with E-state index in [0.717, 1.165) is 25.7 Å². The number of nitrogens with two attached hydrogens (primary N) is 1. The van der Waals surface area contributed by atoms with E-state index in [1.54, 1.807) is 4.90 Å². The molecule has 6 nitrogen and oxygen atoms in total. The van der Waals surface area contributed by atoms with Crippen molar-refractivity contribution >= 4 is 12.0 Å². The molecule has 1 aliphatic heterocycles. The minimum absolute atomic E-state index is 0.212. The van der Waals surface area contributed by atoms with Crippen molar-refractivity contribution in [2.75, 3.05) is 19.7 Å². The molecule has 2 amide bonds. The molecule has 1 heterocycles. The second-order valence-electron chi connectivity index (χ2n) is 4.26. The van der Waals surface area contributed by atoms with Crippen LogP contribution in [0.2, 0.25) is 0 Å². The summed E-state index contributed by atoms with van der Waals surface area (Å²) in [7, 11) is 0. The first-order chi connectivity index (χ1) is 8.19. The topological polar surface area (TPSA) is 84.7 Å². The summed E-state index contributed by atoms with van der Waals surface area (Å²) in [6, 6.07) is 0. The maximum absolute atomic E-state index is 11.7. The number of rotatable bonds is 4. The lowest BCUT2D eigenvalue weighted by molar-refractivity contribution is -0.126. The average Bonchev–Trinajstić information content (AvgIpc) is 2.38. The fourth-order valence-corrected chi connectivity index (χ4v) is 1.87. The van der Waals surface area contributed by atoms with Gasteiger partial charge in [0.25, 0.3) is 0 Å². The predicted molar refractivity (Wildman–Crippen MR) is 62.9 cm³/mol. The van der Waals surface area contributed by atoms with Crippen LogP contribution >= 0.6 is 0 Å². The third kappa shape index (κ3) is 4.22. The standard InChI is InChI=1S/C11H21N3O3/c1-2-3-7-17-11(16)14-6-4-5-9(8-14)10(15)13-12/h9H,2-8,12H2,1H3,(H,13,15). The number of nitrogens with one attached hydrogen (secondary N) is 1. The van der Waals surface area contributed by atoms with Gasteiger partial charge in [0.15, 0.2) is 0 Å². The van der Waals surface area contributed by atoms with Crippen LogP contribution in [0.15, 0.2) is 0 Å². The number of amides is 2. The molecule has 3 N–H and O–H groups in total. The quantitative estimate of drug-likeness (QED) is 0.328. The molecule has 0 aromatic carbocycles. The Kier molecular flexibility index (Phi) is 5.76. The second kappa shape index (κ2) is 7.11.